The Balaban J connectivity index is 1.41. The van der Waals surface area contributed by atoms with E-state index >= 15 is 0 Å². The van der Waals surface area contributed by atoms with Crippen molar-refractivity contribution in [1.29, 1.82) is 0 Å². The number of hydrogen-bond acceptors (Lipinski definition) is 3. The number of hydrogen-bond donors (Lipinski definition) is 0. The van der Waals surface area contributed by atoms with Gasteiger partial charge in [-0.25, -0.2) is 4.90 Å². The van der Waals surface area contributed by atoms with Gasteiger partial charge in [0.25, 0.3) is 5.91 Å². The quantitative estimate of drug-likeness (QED) is 0.599. The summed E-state index contributed by atoms with van der Waals surface area (Å²) in [6, 6.07) is 7.03. The van der Waals surface area contributed by atoms with Crippen molar-refractivity contribution in [2.24, 2.45) is 29.6 Å². The first kappa shape index (κ1) is 16.7. The van der Waals surface area contributed by atoms with E-state index in [0.717, 1.165) is 32.4 Å². The van der Waals surface area contributed by atoms with Gasteiger partial charge in [-0.2, -0.15) is 0 Å². The predicted octanol–water partition coefficient (Wildman–Crippen LogP) is 2.87. The van der Waals surface area contributed by atoms with E-state index in [4.69, 9.17) is 0 Å². The third kappa shape index (κ3) is 2.47. The van der Waals surface area contributed by atoms with E-state index in [-0.39, 0.29) is 41.4 Å². The van der Waals surface area contributed by atoms with Crippen molar-refractivity contribution in [1.82, 2.24) is 4.90 Å². The molecule has 140 valence electrons. The molecule has 5 rings (SSSR count). The monoisotopic (exact) mass is 364 g/mol. The van der Waals surface area contributed by atoms with Crippen LogP contribution in [0.2, 0.25) is 0 Å². The van der Waals surface area contributed by atoms with Crippen LogP contribution in [-0.4, -0.2) is 35.7 Å². The highest BCUT2D eigenvalue weighted by atomic mass is 16.2. The summed E-state index contributed by atoms with van der Waals surface area (Å²) in [5.41, 5.74) is 1.09. The molecule has 2 bridgehead atoms. The standard InChI is InChI=1S/C22H24N2O3/c1-13-7-9-23(10-8-13)20(25)16-3-2-4-17(12-16)24-21(26)18-14-5-6-15(11-14)19(18)22(24)27/h2-6,12-15,18-19H,7-11H2,1H3/t14-,15+,18+,19-. The Hall–Kier alpha value is -2.43. The molecule has 3 amide bonds. The van der Waals surface area contributed by atoms with Gasteiger partial charge in [0.15, 0.2) is 0 Å². The number of anilines is 1. The number of imide groups is 1. The molecule has 4 aliphatic rings. The van der Waals surface area contributed by atoms with Gasteiger partial charge in [-0.3, -0.25) is 14.4 Å². The van der Waals surface area contributed by atoms with Crippen LogP contribution in [-0.2, 0) is 9.59 Å². The molecule has 2 heterocycles. The largest absolute Gasteiger partial charge is 0.339 e. The van der Waals surface area contributed by atoms with Crippen molar-refractivity contribution in [3.8, 4) is 0 Å². The average Bonchev–Trinajstić information content (AvgIpc) is 3.36. The Morgan fingerprint density at radius 1 is 1.00 bits per heavy atom. The van der Waals surface area contributed by atoms with Gasteiger partial charge >= 0.3 is 0 Å². The lowest BCUT2D eigenvalue weighted by Gasteiger charge is -2.30. The summed E-state index contributed by atoms with van der Waals surface area (Å²) in [7, 11) is 0. The summed E-state index contributed by atoms with van der Waals surface area (Å²) in [6.07, 6.45) is 7.16. The molecule has 0 radical (unpaired) electrons. The van der Waals surface area contributed by atoms with Crippen molar-refractivity contribution in [3.63, 3.8) is 0 Å². The normalized spacial score (nSPS) is 32.5. The fourth-order valence-electron chi connectivity index (χ4n) is 5.33. The van der Waals surface area contributed by atoms with E-state index in [0.29, 0.717) is 17.2 Å². The number of amides is 3. The van der Waals surface area contributed by atoms with Gasteiger partial charge in [0.2, 0.25) is 11.8 Å². The Kier molecular flexibility index (Phi) is 3.74. The van der Waals surface area contributed by atoms with Crippen LogP contribution < -0.4 is 4.90 Å². The third-order valence-electron chi connectivity index (χ3n) is 6.89. The molecule has 1 aromatic carbocycles. The number of fused-ring (bicyclic) bond motifs is 5. The number of rotatable bonds is 2. The Bertz CT molecular complexity index is 823. The third-order valence-corrected chi connectivity index (χ3v) is 6.89. The molecule has 2 aliphatic heterocycles. The zero-order valence-corrected chi connectivity index (χ0v) is 15.5. The molecule has 2 saturated heterocycles. The topological polar surface area (TPSA) is 57.7 Å². The molecular weight excluding hydrogens is 340 g/mol. The minimum atomic E-state index is -0.213. The lowest BCUT2D eigenvalue weighted by atomic mass is 9.85. The molecule has 0 unspecified atom stereocenters. The van der Waals surface area contributed by atoms with Crippen LogP contribution in [0.5, 0.6) is 0 Å². The highest BCUT2D eigenvalue weighted by molar-refractivity contribution is 6.23. The van der Waals surface area contributed by atoms with Crippen molar-refractivity contribution >= 4 is 23.4 Å². The summed E-state index contributed by atoms with van der Waals surface area (Å²) >= 11 is 0. The molecule has 5 heteroatoms. The highest BCUT2D eigenvalue weighted by Crippen LogP contribution is 2.53. The first-order chi connectivity index (χ1) is 13.0. The van der Waals surface area contributed by atoms with Gasteiger partial charge in [0.05, 0.1) is 17.5 Å². The number of allylic oxidation sites excluding steroid dienone is 2. The van der Waals surface area contributed by atoms with Crippen LogP contribution in [0, 0.1) is 29.6 Å². The molecule has 0 aromatic heterocycles. The smallest absolute Gasteiger partial charge is 0.253 e. The fourth-order valence-corrected chi connectivity index (χ4v) is 5.33. The van der Waals surface area contributed by atoms with Crippen LogP contribution in [0.4, 0.5) is 5.69 Å². The Labute approximate surface area is 159 Å². The maximum atomic E-state index is 13.0. The number of likely N-dealkylation sites (tertiary alicyclic amines) is 1. The van der Waals surface area contributed by atoms with Crippen LogP contribution in [0.15, 0.2) is 36.4 Å². The number of piperidine rings is 1. The SMILES string of the molecule is CC1CCN(C(=O)c2cccc(N3C(=O)[C@@H]4[C@H](C3=O)[C@H]3C=C[C@@H]4C3)c2)CC1. The molecule has 0 N–H and O–H groups in total. The number of carbonyl (C=O) groups is 3. The molecule has 3 fully saturated rings. The minimum Gasteiger partial charge on any atom is -0.339 e. The number of carbonyl (C=O) groups excluding carboxylic acids is 3. The molecule has 1 aromatic rings. The molecule has 4 atom stereocenters. The van der Waals surface area contributed by atoms with Gasteiger partial charge in [-0.1, -0.05) is 25.1 Å². The molecular formula is C22H24N2O3. The fraction of sp³-hybridized carbons (Fsp3) is 0.500. The van der Waals surface area contributed by atoms with E-state index in [1.807, 2.05) is 4.90 Å². The van der Waals surface area contributed by atoms with Crippen LogP contribution in [0.25, 0.3) is 0 Å². The van der Waals surface area contributed by atoms with E-state index in [2.05, 4.69) is 19.1 Å². The van der Waals surface area contributed by atoms with Crippen LogP contribution in [0.1, 0.15) is 36.5 Å². The minimum absolute atomic E-state index is 0.00947. The maximum absolute atomic E-state index is 13.0. The molecule has 1 saturated carbocycles. The van der Waals surface area contributed by atoms with Gasteiger partial charge in [0.1, 0.15) is 0 Å². The summed E-state index contributed by atoms with van der Waals surface area (Å²) in [6.45, 7) is 3.75. The van der Waals surface area contributed by atoms with E-state index in [1.165, 1.54) is 4.90 Å². The van der Waals surface area contributed by atoms with Crippen LogP contribution in [0.3, 0.4) is 0 Å². The van der Waals surface area contributed by atoms with Gasteiger partial charge in [0, 0.05) is 18.7 Å². The zero-order valence-electron chi connectivity index (χ0n) is 15.5. The second kappa shape index (κ2) is 6.04. The molecule has 27 heavy (non-hydrogen) atoms. The van der Waals surface area contributed by atoms with Crippen molar-refractivity contribution < 1.29 is 14.4 Å². The average molecular weight is 364 g/mol. The predicted molar refractivity (Wildman–Crippen MR) is 101 cm³/mol. The Morgan fingerprint density at radius 3 is 2.26 bits per heavy atom. The van der Waals surface area contributed by atoms with E-state index in [1.54, 1.807) is 24.3 Å². The summed E-state index contributed by atoms with van der Waals surface area (Å²) in [4.78, 5) is 42.0. The highest BCUT2D eigenvalue weighted by Gasteiger charge is 2.59. The first-order valence-electron chi connectivity index (χ1n) is 10.00. The molecule has 0 spiro atoms. The second-order valence-corrected chi connectivity index (χ2v) is 8.54. The summed E-state index contributed by atoms with van der Waals surface area (Å²) < 4.78 is 0. The van der Waals surface area contributed by atoms with E-state index < -0.39 is 0 Å². The molecule has 2 aliphatic carbocycles. The van der Waals surface area contributed by atoms with Crippen molar-refractivity contribution in [2.45, 2.75) is 26.2 Å². The van der Waals surface area contributed by atoms with E-state index in [9.17, 15) is 14.4 Å². The number of benzene rings is 1. The lowest BCUT2D eigenvalue weighted by Crippen LogP contribution is -2.38. The van der Waals surface area contributed by atoms with Crippen molar-refractivity contribution in [2.75, 3.05) is 18.0 Å². The zero-order chi connectivity index (χ0) is 18.7. The van der Waals surface area contributed by atoms with Crippen LogP contribution >= 0.6 is 0 Å². The van der Waals surface area contributed by atoms with Crippen molar-refractivity contribution in [3.05, 3.63) is 42.0 Å². The lowest BCUT2D eigenvalue weighted by molar-refractivity contribution is -0.123. The number of nitrogens with zero attached hydrogens (tertiary/aromatic N) is 2. The second-order valence-electron chi connectivity index (χ2n) is 8.54. The summed E-state index contributed by atoms with van der Waals surface area (Å²) in [5.74, 6) is 0.416. The molecule has 5 nitrogen and oxygen atoms in total. The Morgan fingerprint density at radius 2 is 1.63 bits per heavy atom. The van der Waals surface area contributed by atoms with Gasteiger partial charge in [-0.15, -0.1) is 0 Å². The first-order valence-corrected chi connectivity index (χ1v) is 10.00. The summed E-state index contributed by atoms with van der Waals surface area (Å²) in [5, 5.41) is 0. The van der Waals surface area contributed by atoms with Gasteiger partial charge < -0.3 is 4.90 Å². The van der Waals surface area contributed by atoms with Gasteiger partial charge in [-0.05, 0) is 55.2 Å². The maximum Gasteiger partial charge on any atom is 0.253 e.